The highest BCUT2D eigenvalue weighted by Crippen LogP contribution is 2.29. The molecule has 4 rings (SSSR count). The van der Waals surface area contributed by atoms with Crippen molar-refractivity contribution in [3.63, 3.8) is 0 Å². The van der Waals surface area contributed by atoms with E-state index >= 15 is 0 Å². The van der Waals surface area contributed by atoms with Gasteiger partial charge in [0.25, 0.3) is 11.8 Å². The van der Waals surface area contributed by atoms with Crippen LogP contribution in [0.4, 0.5) is 11.4 Å². The fourth-order valence-corrected chi connectivity index (χ4v) is 5.30. The fraction of sp³-hybridized carbons (Fsp3) is 0.0625. The zero-order chi connectivity index (χ0) is 31.8. The van der Waals surface area contributed by atoms with Gasteiger partial charge in [0.05, 0.1) is 5.25 Å². The van der Waals surface area contributed by atoms with Crippen molar-refractivity contribution in [1.82, 2.24) is 5.32 Å². The molecule has 9 nitrogen and oxygen atoms in total. The molecule has 0 spiro atoms. The molecule has 0 aliphatic heterocycles. The number of carbonyl (C=O) groups is 4. The maximum atomic E-state index is 13.4. The number of aromatic hydroxyl groups is 1. The molecule has 0 heterocycles. The number of aromatic carboxylic acids is 1. The number of nitrogens with one attached hydrogen (secondary N) is 3. The van der Waals surface area contributed by atoms with Crippen LogP contribution in [0.15, 0.2) is 102 Å². The molecule has 0 fully saturated rings. The van der Waals surface area contributed by atoms with Crippen LogP contribution in [-0.4, -0.2) is 39.2 Å². The number of carboxylic acid groups (broad SMARTS) is 1. The Labute approximate surface area is 266 Å². The lowest BCUT2D eigenvalue weighted by Gasteiger charge is -2.15. The Balaban J connectivity index is 1.50. The van der Waals surface area contributed by atoms with Gasteiger partial charge in [-0.1, -0.05) is 53.5 Å². The number of halogens is 2. The molecule has 0 radical (unpaired) electrons. The van der Waals surface area contributed by atoms with Gasteiger partial charge in [0, 0.05) is 37.4 Å². The van der Waals surface area contributed by atoms with Crippen molar-refractivity contribution in [2.45, 2.75) is 17.1 Å². The second kappa shape index (κ2) is 14.6. The lowest BCUT2D eigenvalue weighted by molar-refractivity contribution is -0.115. The first-order valence-corrected chi connectivity index (χ1v) is 14.6. The topological polar surface area (TPSA) is 145 Å². The first kappa shape index (κ1) is 32.2. The quantitative estimate of drug-likeness (QED) is 0.0712. The minimum atomic E-state index is -1.33. The number of carbonyl (C=O) groups excluding carboxylic acids is 3. The van der Waals surface area contributed by atoms with Gasteiger partial charge < -0.3 is 26.2 Å². The molecular formula is C32H25Cl2N3O6S. The van der Waals surface area contributed by atoms with Crippen molar-refractivity contribution in [1.29, 1.82) is 0 Å². The summed E-state index contributed by atoms with van der Waals surface area (Å²) >= 11 is 13.8. The van der Waals surface area contributed by atoms with Crippen LogP contribution < -0.4 is 16.0 Å². The van der Waals surface area contributed by atoms with E-state index in [1.165, 1.54) is 36.0 Å². The van der Waals surface area contributed by atoms with Crippen molar-refractivity contribution < 1.29 is 29.4 Å². The highest BCUT2D eigenvalue weighted by atomic mass is 35.5. The van der Waals surface area contributed by atoms with Crippen molar-refractivity contribution in [2.24, 2.45) is 0 Å². The van der Waals surface area contributed by atoms with Gasteiger partial charge in [0.1, 0.15) is 17.0 Å². The molecule has 3 amide bonds. The van der Waals surface area contributed by atoms with E-state index in [1.54, 1.807) is 79.7 Å². The van der Waals surface area contributed by atoms with Crippen molar-refractivity contribution in [2.75, 3.05) is 10.6 Å². The molecule has 0 aliphatic carbocycles. The molecule has 12 heteroatoms. The largest absolute Gasteiger partial charge is 0.507 e. The summed E-state index contributed by atoms with van der Waals surface area (Å²) in [5, 5.41) is 26.9. The zero-order valence-electron chi connectivity index (χ0n) is 23.0. The molecule has 224 valence electrons. The molecule has 0 saturated heterocycles. The van der Waals surface area contributed by atoms with E-state index in [2.05, 4.69) is 16.0 Å². The van der Waals surface area contributed by atoms with Gasteiger partial charge in [-0.15, -0.1) is 11.8 Å². The van der Waals surface area contributed by atoms with E-state index in [1.807, 2.05) is 0 Å². The summed E-state index contributed by atoms with van der Waals surface area (Å²) in [6.07, 6.45) is 1.39. The smallest absolute Gasteiger partial charge is 0.339 e. The van der Waals surface area contributed by atoms with Crippen LogP contribution in [-0.2, 0) is 9.59 Å². The Morgan fingerprint density at radius 1 is 0.818 bits per heavy atom. The second-order valence-corrected chi connectivity index (χ2v) is 11.5. The molecule has 1 unspecified atom stereocenters. The van der Waals surface area contributed by atoms with Crippen LogP contribution >= 0.6 is 35.0 Å². The summed E-state index contributed by atoms with van der Waals surface area (Å²) in [6.45, 7) is 1.66. The first-order valence-electron chi connectivity index (χ1n) is 13.0. The Morgan fingerprint density at radius 3 is 2.16 bits per heavy atom. The third-order valence-electron chi connectivity index (χ3n) is 6.09. The molecule has 0 bridgehead atoms. The molecule has 5 N–H and O–H groups in total. The van der Waals surface area contributed by atoms with Crippen LogP contribution in [0.1, 0.15) is 33.2 Å². The fourth-order valence-electron chi connectivity index (χ4n) is 3.87. The number of rotatable bonds is 10. The molecular weight excluding hydrogens is 625 g/mol. The standard InChI is InChI=1S/C32H25Cl2N3O6S/c1-18(29(39)35-21-13-14-28(38)24(16-21)32(42)43)44-22-10-5-9-20(15-22)36-31(41)27(17-23-25(33)11-6-12-26(23)34)37-30(40)19-7-3-2-4-8-19/h2-18,38H,1H3,(H,35,39)(H,36,41)(H,37,40)(H,42,43)/b27-17+. The van der Waals surface area contributed by atoms with Crippen molar-refractivity contribution in [3.8, 4) is 5.75 Å². The monoisotopic (exact) mass is 649 g/mol. The number of hydrogen-bond acceptors (Lipinski definition) is 6. The van der Waals surface area contributed by atoms with E-state index in [0.29, 0.717) is 21.7 Å². The van der Waals surface area contributed by atoms with Gasteiger partial charge in [-0.2, -0.15) is 0 Å². The summed E-state index contributed by atoms with van der Waals surface area (Å²) < 4.78 is 0. The first-order chi connectivity index (χ1) is 21.0. The Morgan fingerprint density at radius 2 is 1.48 bits per heavy atom. The third-order valence-corrected chi connectivity index (χ3v) is 7.84. The minimum absolute atomic E-state index is 0.103. The number of amides is 3. The molecule has 44 heavy (non-hydrogen) atoms. The second-order valence-electron chi connectivity index (χ2n) is 9.28. The Kier molecular flexibility index (Phi) is 10.7. The lowest BCUT2D eigenvalue weighted by Crippen LogP contribution is -2.30. The number of hydrogen-bond donors (Lipinski definition) is 5. The van der Waals surface area contributed by atoms with Crippen molar-refractivity contribution in [3.05, 3.63) is 123 Å². The number of carboxylic acids is 1. The molecule has 1 atom stereocenters. The van der Waals surface area contributed by atoms with Crippen LogP contribution in [0.5, 0.6) is 5.75 Å². The predicted molar refractivity (Wildman–Crippen MR) is 172 cm³/mol. The van der Waals surface area contributed by atoms with Crippen LogP contribution in [0, 0.1) is 0 Å². The summed E-state index contributed by atoms with van der Waals surface area (Å²) in [5.74, 6) is -3.29. The van der Waals surface area contributed by atoms with Gasteiger partial charge in [0.15, 0.2) is 0 Å². The van der Waals surface area contributed by atoms with Crippen LogP contribution in [0.2, 0.25) is 10.0 Å². The maximum absolute atomic E-state index is 13.4. The number of anilines is 2. The summed E-state index contributed by atoms with van der Waals surface area (Å²) in [5.41, 5.74) is 0.860. The number of phenols is 1. The number of benzene rings is 4. The van der Waals surface area contributed by atoms with Gasteiger partial charge in [-0.3, -0.25) is 14.4 Å². The minimum Gasteiger partial charge on any atom is -0.507 e. The SMILES string of the molecule is CC(Sc1cccc(NC(=O)/C(=C\c2c(Cl)cccc2Cl)NC(=O)c2ccccc2)c1)C(=O)Nc1ccc(O)c(C(=O)O)c1. The summed E-state index contributed by atoms with van der Waals surface area (Å²) in [4.78, 5) is 51.1. The molecule has 4 aromatic carbocycles. The highest BCUT2D eigenvalue weighted by molar-refractivity contribution is 8.00. The van der Waals surface area contributed by atoms with Crippen molar-refractivity contribution >= 4 is 76.1 Å². The molecule has 4 aromatic rings. The van der Waals surface area contributed by atoms with E-state index in [0.717, 1.165) is 0 Å². The van der Waals surface area contributed by atoms with Gasteiger partial charge in [-0.05, 0) is 73.7 Å². The molecule has 0 saturated carbocycles. The van der Waals surface area contributed by atoms with E-state index in [-0.39, 0.29) is 27.0 Å². The van der Waals surface area contributed by atoms with Gasteiger partial charge >= 0.3 is 5.97 Å². The summed E-state index contributed by atoms with van der Waals surface area (Å²) in [6, 6.07) is 23.8. The predicted octanol–water partition coefficient (Wildman–Crippen LogP) is 6.93. The average molecular weight is 651 g/mol. The Hall–Kier alpha value is -4.77. The number of thioether (sulfide) groups is 1. The van der Waals surface area contributed by atoms with E-state index in [4.69, 9.17) is 23.2 Å². The maximum Gasteiger partial charge on any atom is 0.339 e. The zero-order valence-corrected chi connectivity index (χ0v) is 25.3. The Bertz CT molecular complexity index is 1740. The van der Waals surface area contributed by atoms with E-state index < -0.39 is 34.7 Å². The normalized spacial score (nSPS) is 11.8. The highest BCUT2D eigenvalue weighted by Gasteiger charge is 2.19. The average Bonchev–Trinajstić information content (AvgIpc) is 2.99. The van der Waals surface area contributed by atoms with Gasteiger partial charge in [-0.25, -0.2) is 4.79 Å². The third kappa shape index (κ3) is 8.41. The molecule has 0 aromatic heterocycles. The van der Waals surface area contributed by atoms with Gasteiger partial charge in [0.2, 0.25) is 5.91 Å². The molecule has 0 aliphatic rings. The van der Waals surface area contributed by atoms with Crippen LogP contribution in [0.3, 0.4) is 0 Å². The summed E-state index contributed by atoms with van der Waals surface area (Å²) in [7, 11) is 0. The van der Waals surface area contributed by atoms with Crippen LogP contribution in [0.25, 0.3) is 6.08 Å². The van der Waals surface area contributed by atoms with E-state index in [9.17, 15) is 29.4 Å². The lowest BCUT2D eigenvalue weighted by atomic mass is 10.1.